The van der Waals surface area contributed by atoms with E-state index in [9.17, 15) is 0 Å². The zero-order valence-electron chi connectivity index (χ0n) is 8.94. The Bertz CT molecular complexity index is 840. The number of benzene rings is 2. The van der Waals surface area contributed by atoms with E-state index in [0.29, 0.717) is 0 Å². The predicted molar refractivity (Wildman–Crippen MR) is 67.7 cm³/mol. The lowest BCUT2D eigenvalue weighted by Crippen LogP contribution is -1.82. The van der Waals surface area contributed by atoms with Gasteiger partial charge in [0, 0.05) is 34.2 Å². The van der Waals surface area contributed by atoms with Crippen molar-refractivity contribution in [1.82, 2.24) is 15.0 Å². The van der Waals surface area contributed by atoms with Crippen LogP contribution in [-0.4, -0.2) is 15.0 Å². The van der Waals surface area contributed by atoms with Crippen molar-refractivity contribution in [2.24, 2.45) is 0 Å². The summed E-state index contributed by atoms with van der Waals surface area (Å²) in [5.74, 6) is 0. The van der Waals surface area contributed by atoms with E-state index < -0.39 is 0 Å². The lowest BCUT2D eigenvalue weighted by molar-refractivity contribution is 1.30. The molecule has 2 aromatic heterocycles. The number of fused-ring (bicyclic) bond motifs is 5. The summed E-state index contributed by atoms with van der Waals surface area (Å²) < 4.78 is 0. The number of nitrogens with zero attached hydrogens (tertiary/aromatic N) is 2. The quantitative estimate of drug-likeness (QED) is 0.493. The van der Waals surface area contributed by atoms with Crippen LogP contribution in [0.3, 0.4) is 0 Å². The molecule has 1 radical (unpaired) electrons. The Hall–Kier alpha value is -2.42. The topological polar surface area (TPSA) is 41.6 Å². The van der Waals surface area contributed by atoms with Crippen molar-refractivity contribution in [3.63, 3.8) is 0 Å². The fourth-order valence-corrected chi connectivity index (χ4v) is 2.30. The van der Waals surface area contributed by atoms with Crippen molar-refractivity contribution in [1.29, 1.82) is 0 Å². The summed E-state index contributed by atoms with van der Waals surface area (Å²) in [6.07, 6.45) is 3.45. The summed E-state index contributed by atoms with van der Waals surface area (Å²) >= 11 is 0. The molecule has 2 aromatic carbocycles. The highest BCUT2D eigenvalue weighted by atomic mass is 14.8. The van der Waals surface area contributed by atoms with Crippen LogP contribution in [0.15, 0.2) is 42.7 Å². The van der Waals surface area contributed by atoms with Gasteiger partial charge in [0.25, 0.3) is 0 Å². The van der Waals surface area contributed by atoms with Gasteiger partial charge in [0.2, 0.25) is 0 Å². The fraction of sp³-hybridized carbons (Fsp3) is 0. The van der Waals surface area contributed by atoms with Crippen LogP contribution in [-0.2, 0) is 0 Å². The van der Waals surface area contributed by atoms with Crippen molar-refractivity contribution in [3.8, 4) is 0 Å². The molecule has 3 heteroatoms. The highest BCUT2D eigenvalue weighted by Crippen LogP contribution is 2.29. The van der Waals surface area contributed by atoms with Gasteiger partial charge in [-0.05, 0) is 30.3 Å². The molecule has 79 valence electrons. The van der Waals surface area contributed by atoms with Crippen LogP contribution in [0.5, 0.6) is 0 Å². The average molecular weight is 218 g/mol. The van der Waals surface area contributed by atoms with Gasteiger partial charge in [-0.1, -0.05) is 6.07 Å². The Kier molecular flexibility index (Phi) is 1.56. The zero-order chi connectivity index (χ0) is 11.2. The molecule has 1 N–H and O–H groups in total. The maximum absolute atomic E-state index is 4.44. The number of hydrogen-bond donors (Lipinski definition) is 1. The van der Waals surface area contributed by atoms with Crippen molar-refractivity contribution >= 4 is 32.8 Å². The molecule has 0 aliphatic carbocycles. The first-order chi connectivity index (χ1) is 8.43. The van der Waals surface area contributed by atoms with Gasteiger partial charge in [-0.2, -0.15) is 0 Å². The molecule has 0 fully saturated rings. The third kappa shape index (κ3) is 1.11. The average Bonchev–Trinajstić information content (AvgIpc) is 2.77. The first-order valence-electron chi connectivity index (χ1n) is 5.45. The second-order valence-corrected chi connectivity index (χ2v) is 4.01. The van der Waals surface area contributed by atoms with Crippen LogP contribution in [0.4, 0.5) is 0 Å². The first kappa shape index (κ1) is 8.70. The molecule has 4 rings (SSSR count). The molecular formula is C14H8N3. The van der Waals surface area contributed by atoms with E-state index in [1.807, 2.05) is 30.3 Å². The molecule has 0 aliphatic heterocycles. The van der Waals surface area contributed by atoms with Crippen LogP contribution in [0.1, 0.15) is 0 Å². The summed E-state index contributed by atoms with van der Waals surface area (Å²) in [5, 5.41) is 2.27. The molecule has 0 atom stereocenters. The van der Waals surface area contributed by atoms with Gasteiger partial charge < -0.3 is 4.98 Å². The number of H-pyrrole nitrogens is 1. The van der Waals surface area contributed by atoms with Gasteiger partial charge in [0.15, 0.2) is 0 Å². The lowest BCUT2D eigenvalue weighted by atomic mass is 10.1. The fourth-order valence-electron chi connectivity index (χ4n) is 2.30. The Morgan fingerprint density at radius 2 is 1.94 bits per heavy atom. The standard InChI is InChI=1S/C14H8N3/c1-2-4-10-9(3-1)13-11(17-10)5-6-12-14(13)16-8-7-15-12/h2-8,17H. The number of aromatic nitrogens is 3. The minimum absolute atomic E-state index is 0.921. The molecule has 0 saturated carbocycles. The summed E-state index contributed by atoms with van der Waals surface area (Å²) in [4.78, 5) is 12.1. The minimum atomic E-state index is 0.921. The van der Waals surface area contributed by atoms with Crippen LogP contribution < -0.4 is 0 Å². The van der Waals surface area contributed by atoms with Crippen LogP contribution in [0.25, 0.3) is 32.8 Å². The van der Waals surface area contributed by atoms with Gasteiger partial charge in [-0.3, -0.25) is 9.97 Å². The molecule has 0 unspecified atom stereocenters. The molecule has 4 aromatic rings. The molecular weight excluding hydrogens is 210 g/mol. The van der Waals surface area contributed by atoms with E-state index >= 15 is 0 Å². The third-order valence-electron chi connectivity index (χ3n) is 3.04. The molecule has 0 bridgehead atoms. The molecule has 17 heavy (non-hydrogen) atoms. The van der Waals surface area contributed by atoms with Crippen LogP contribution in [0.2, 0.25) is 0 Å². The highest BCUT2D eigenvalue weighted by molar-refractivity contribution is 6.18. The Morgan fingerprint density at radius 1 is 1.00 bits per heavy atom. The van der Waals surface area contributed by atoms with Crippen molar-refractivity contribution in [2.75, 3.05) is 0 Å². The van der Waals surface area contributed by atoms with Crippen LogP contribution in [0, 0.1) is 6.07 Å². The van der Waals surface area contributed by atoms with E-state index in [1.165, 1.54) is 0 Å². The zero-order valence-corrected chi connectivity index (χ0v) is 8.94. The normalized spacial score (nSPS) is 11.5. The summed E-state index contributed by atoms with van der Waals surface area (Å²) in [7, 11) is 0. The van der Waals surface area contributed by atoms with Gasteiger partial charge in [0.1, 0.15) is 0 Å². The number of rotatable bonds is 0. The number of aromatic amines is 1. The monoisotopic (exact) mass is 218 g/mol. The summed E-state index contributed by atoms with van der Waals surface area (Å²) in [5.41, 5.74) is 4.06. The molecule has 0 aliphatic rings. The summed E-state index contributed by atoms with van der Waals surface area (Å²) in [6, 6.07) is 13.1. The van der Waals surface area contributed by atoms with E-state index in [1.54, 1.807) is 12.4 Å². The maximum Gasteiger partial charge on any atom is 0.0986 e. The number of hydrogen-bond acceptors (Lipinski definition) is 2. The maximum atomic E-state index is 4.44. The molecule has 0 saturated heterocycles. The van der Waals surface area contributed by atoms with Gasteiger partial charge >= 0.3 is 0 Å². The molecule has 0 spiro atoms. The molecule has 0 amide bonds. The van der Waals surface area contributed by atoms with Gasteiger partial charge in [-0.25, -0.2) is 0 Å². The molecule has 3 nitrogen and oxygen atoms in total. The third-order valence-corrected chi connectivity index (χ3v) is 3.04. The van der Waals surface area contributed by atoms with E-state index in [-0.39, 0.29) is 0 Å². The highest BCUT2D eigenvalue weighted by Gasteiger charge is 2.08. The van der Waals surface area contributed by atoms with E-state index in [4.69, 9.17) is 0 Å². The van der Waals surface area contributed by atoms with Crippen molar-refractivity contribution < 1.29 is 0 Å². The summed E-state index contributed by atoms with van der Waals surface area (Å²) in [6.45, 7) is 0. The predicted octanol–water partition coefficient (Wildman–Crippen LogP) is 3.06. The van der Waals surface area contributed by atoms with E-state index in [0.717, 1.165) is 32.8 Å². The van der Waals surface area contributed by atoms with Crippen molar-refractivity contribution in [3.05, 3.63) is 48.8 Å². The smallest absolute Gasteiger partial charge is 0.0986 e. The van der Waals surface area contributed by atoms with Crippen molar-refractivity contribution in [2.45, 2.75) is 0 Å². The Labute approximate surface area is 97.1 Å². The SMILES string of the molecule is [c]1ccc2[nH]c3ccc4nccnc4c3c2c1. The minimum Gasteiger partial charge on any atom is -0.354 e. The van der Waals surface area contributed by atoms with Gasteiger partial charge in [0.05, 0.1) is 11.0 Å². The second kappa shape index (κ2) is 3.04. The second-order valence-electron chi connectivity index (χ2n) is 4.01. The van der Waals surface area contributed by atoms with Crippen LogP contribution >= 0.6 is 0 Å². The first-order valence-corrected chi connectivity index (χ1v) is 5.45. The largest absolute Gasteiger partial charge is 0.354 e. The molecule has 2 heterocycles. The van der Waals surface area contributed by atoms with E-state index in [2.05, 4.69) is 21.0 Å². The lowest BCUT2D eigenvalue weighted by Gasteiger charge is -1.97. The Morgan fingerprint density at radius 3 is 2.94 bits per heavy atom. The van der Waals surface area contributed by atoms with Gasteiger partial charge in [-0.15, -0.1) is 0 Å². The number of nitrogens with one attached hydrogen (secondary N) is 1. The Balaban J connectivity index is 2.38.